The van der Waals surface area contributed by atoms with Gasteiger partial charge in [0.15, 0.2) is 0 Å². The van der Waals surface area contributed by atoms with Crippen molar-refractivity contribution in [1.29, 1.82) is 0 Å². The molecule has 0 unspecified atom stereocenters. The van der Waals surface area contributed by atoms with E-state index in [0.717, 1.165) is 38.0 Å². The monoisotopic (exact) mass is 325 g/mol. The van der Waals surface area contributed by atoms with Crippen molar-refractivity contribution in [3.05, 3.63) is 56.1 Å². The maximum Gasteiger partial charge on any atom is 0.275 e. The lowest BCUT2D eigenvalue weighted by molar-refractivity contribution is 0.634. The summed E-state index contributed by atoms with van der Waals surface area (Å²) >= 11 is 3.16. The number of para-hydroxylation sites is 1. The van der Waals surface area contributed by atoms with E-state index in [9.17, 15) is 4.79 Å². The van der Waals surface area contributed by atoms with Crippen LogP contribution in [-0.4, -0.2) is 22.6 Å². The quantitative estimate of drug-likeness (QED) is 0.543. The molecule has 0 bridgehead atoms. The van der Waals surface area contributed by atoms with Crippen LogP contribution >= 0.6 is 22.7 Å². The highest BCUT2D eigenvalue weighted by Gasteiger charge is 2.12. The first-order valence-corrected chi connectivity index (χ1v) is 8.82. The number of aromatic nitrogens is 3. The third-order valence-electron chi connectivity index (χ3n) is 3.64. The van der Waals surface area contributed by atoms with Crippen LogP contribution in [0.3, 0.4) is 0 Å². The van der Waals surface area contributed by atoms with Gasteiger partial charge in [-0.15, -0.1) is 11.3 Å². The van der Waals surface area contributed by atoms with Crippen molar-refractivity contribution in [2.24, 2.45) is 0 Å². The van der Waals surface area contributed by atoms with Crippen molar-refractivity contribution in [2.75, 3.05) is 0 Å². The number of benzene rings is 1. The average molecular weight is 325 g/mol. The SMILES string of the molecule is BCc1nn(Cc2nc3ccccc3s2)c(=O)c2cscc12. The molecule has 0 fully saturated rings. The van der Waals surface area contributed by atoms with Crippen LogP contribution in [0.15, 0.2) is 39.8 Å². The van der Waals surface area contributed by atoms with Gasteiger partial charge in [0.1, 0.15) is 12.9 Å². The summed E-state index contributed by atoms with van der Waals surface area (Å²) < 4.78 is 2.68. The summed E-state index contributed by atoms with van der Waals surface area (Å²) in [5, 5.41) is 11.1. The van der Waals surface area contributed by atoms with Crippen LogP contribution in [0.2, 0.25) is 0 Å². The van der Waals surface area contributed by atoms with Gasteiger partial charge < -0.3 is 0 Å². The van der Waals surface area contributed by atoms with E-state index in [-0.39, 0.29) is 5.56 Å². The third kappa shape index (κ3) is 2.17. The van der Waals surface area contributed by atoms with E-state index in [1.165, 1.54) is 0 Å². The second kappa shape index (κ2) is 5.33. The van der Waals surface area contributed by atoms with Crippen LogP contribution in [0.4, 0.5) is 0 Å². The molecule has 0 saturated heterocycles. The zero-order valence-corrected chi connectivity index (χ0v) is 13.6. The van der Waals surface area contributed by atoms with Crippen molar-refractivity contribution in [1.82, 2.24) is 14.8 Å². The Kier molecular flexibility index (Phi) is 3.31. The molecule has 0 amide bonds. The molecule has 0 aliphatic carbocycles. The van der Waals surface area contributed by atoms with Gasteiger partial charge in [-0.3, -0.25) is 4.79 Å². The molecule has 1 aromatic carbocycles. The molecule has 0 atom stereocenters. The lowest BCUT2D eigenvalue weighted by atomic mass is 9.99. The molecular weight excluding hydrogens is 313 g/mol. The zero-order valence-electron chi connectivity index (χ0n) is 11.9. The van der Waals surface area contributed by atoms with Crippen molar-refractivity contribution in [3.8, 4) is 0 Å². The summed E-state index contributed by atoms with van der Waals surface area (Å²) in [6.07, 6.45) is 0.813. The van der Waals surface area contributed by atoms with Crippen LogP contribution < -0.4 is 5.56 Å². The molecule has 3 heterocycles. The van der Waals surface area contributed by atoms with Crippen molar-refractivity contribution < 1.29 is 0 Å². The lowest BCUT2D eigenvalue weighted by Crippen LogP contribution is -2.24. The molecule has 108 valence electrons. The van der Waals surface area contributed by atoms with Gasteiger partial charge in [-0.05, 0) is 18.5 Å². The average Bonchev–Trinajstić information content (AvgIpc) is 3.16. The summed E-state index contributed by atoms with van der Waals surface area (Å²) in [5.74, 6) is 0. The van der Waals surface area contributed by atoms with Gasteiger partial charge in [0.05, 0.1) is 27.8 Å². The van der Waals surface area contributed by atoms with Crippen molar-refractivity contribution >= 4 is 51.5 Å². The normalized spacial score (nSPS) is 11.5. The molecule has 0 N–H and O–H groups in total. The molecule has 0 spiro atoms. The fourth-order valence-corrected chi connectivity index (χ4v) is 4.33. The summed E-state index contributed by atoms with van der Waals surface area (Å²) in [7, 11) is 2.06. The van der Waals surface area contributed by atoms with Gasteiger partial charge in [0.25, 0.3) is 5.56 Å². The fourth-order valence-electron chi connectivity index (χ4n) is 2.55. The van der Waals surface area contributed by atoms with Gasteiger partial charge in [-0.2, -0.15) is 16.4 Å². The van der Waals surface area contributed by atoms with Crippen LogP contribution in [0.1, 0.15) is 10.7 Å². The molecule has 4 rings (SSSR count). The van der Waals surface area contributed by atoms with Crippen molar-refractivity contribution in [3.63, 3.8) is 0 Å². The molecule has 0 aliphatic heterocycles. The minimum absolute atomic E-state index is 0.0345. The Morgan fingerprint density at radius 2 is 2.00 bits per heavy atom. The van der Waals surface area contributed by atoms with E-state index in [0.29, 0.717) is 6.54 Å². The number of hydrogen-bond donors (Lipinski definition) is 0. The number of hydrogen-bond acceptors (Lipinski definition) is 5. The standard InChI is InChI=1S/C15H12BN3OS2/c16-5-12-9-7-21-8-10(9)15(20)19(18-12)6-14-17-11-3-1-2-4-13(11)22-14/h1-4,7-8H,5-6,16H2. The Balaban J connectivity index is 1.83. The minimum atomic E-state index is -0.0345. The van der Waals surface area contributed by atoms with E-state index in [1.807, 2.05) is 35.0 Å². The second-order valence-corrected chi connectivity index (χ2v) is 6.90. The Labute approximate surface area is 135 Å². The van der Waals surface area contributed by atoms with E-state index >= 15 is 0 Å². The first-order chi connectivity index (χ1) is 10.8. The Hall–Kier alpha value is -1.99. The number of thiophene rings is 1. The van der Waals surface area contributed by atoms with E-state index in [2.05, 4.69) is 17.9 Å². The summed E-state index contributed by atoms with van der Waals surface area (Å²) in [5.41, 5.74) is 1.91. The topological polar surface area (TPSA) is 47.8 Å². The maximum atomic E-state index is 12.6. The highest BCUT2D eigenvalue weighted by Crippen LogP contribution is 2.23. The summed E-state index contributed by atoms with van der Waals surface area (Å²) in [4.78, 5) is 17.2. The largest absolute Gasteiger partial charge is 0.275 e. The highest BCUT2D eigenvalue weighted by atomic mass is 32.1. The maximum absolute atomic E-state index is 12.6. The Morgan fingerprint density at radius 3 is 2.82 bits per heavy atom. The van der Waals surface area contributed by atoms with Crippen LogP contribution in [0, 0.1) is 0 Å². The van der Waals surface area contributed by atoms with Crippen LogP contribution in [-0.2, 0) is 12.9 Å². The third-order valence-corrected chi connectivity index (χ3v) is 5.40. The summed E-state index contributed by atoms with van der Waals surface area (Å²) in [6, 6.07) is 8.02. The van der Waals surface area contributed by atoms with E-state index in [1.54, 1.807) is 27.4 Å². The molecule has 22 heavy (non-hydrogen) atoms. The Morgan fingerprint density at radius 1 is 1.18 bits per heavy atom. The first-order valence-electron chi connectivity index (χ1n) is 7.06. The first kappa shape index (κ1) is 13.7. The van der Waals surface area contributed by atoms with Gasteiger partial charge in [0.2, 0.25) is 0 Å². The van der Waals surface area contributed by atoms with Gasteiger partial charge in [-0.1, -0.05) is 12.1 Å². The Bertz CT molecular complexity index is 1000. The highest BCUT2D eigenvalue weighted by molar-refractivity contribution is 7.18. The van der Waals surface area contributed by atoms with Gasteiger partial charge in [-0.25, -0.2) is 9.67 Å². The van der Waals surface area contributed by atoms with Gasteiger partial charge >= 0.3 is 0 Å². The molecule has 0 saturated carbocycles. The molecular formula is C15H12BN3OS2. The molecule has 4 nitrogen and oxygen atoms in total. The van der Waals surface area contributed by atoms with Crippen LogP contribution in [0.5, 0.6) is 0 Å². The van der Waals surface area contributed by atoms with Gasteiger partial charge in [0, 0.05) is 16.1 Å². The smallest absolute Gasteiger partial charge is 0.267 e. The fraction of sp³-hybridized carbons (Fsp3) is 0.133. The molecule has 0 radical (unpaired) electrons. The predicted molar refractivity (Wildman–Crippen MR) is 94.9 cm³/mol. The molecule has 3 aromatic heterocycles. The number of nitrogens with zero attached hydrogens (tertiary/aromatic N) is 3. The molecule has 0 aliphatic rings. The lowest BCUT2D eigenvalue weighted by Gasteiger charge is -2.06. The second-order valence-electron chi connectivity index (χ2n) is 5.04. The van der Waals surface area contributed by atoms with Crippen LogP contribution in [0.25, 0.3) is 21.0 Å². The zero-order chi connectivity index (χ0) is 15.1. The van der Waals surface area contributed by atoms with E-state index in [4.69, 9.17) is 0 Å². The number of fused-ring (bicyclic) bond motifs is 2. The predicted octanol–water partition coefficient (Wildman–Crippen LogP) is 2.25. The number of rotatable bonds is 3. The number of thiazole rings is 1. The minimum Gasteiger partial charge on any atom is -0.267 e. The summed E-state index contributed by atoms with van der Waals surface area (Å²) in [6.45, 7) is 0.428. The molecule has 4 aromatic rings. The van der Waals surface area contributed by atoms with E-state index < -0.39 is 0 Å². The van der Waals surface area contributed by atoms with Crippen molar-refractivity contribution in [2.45, 2.75) is 12.9 Å². The molecule has 7 heteroatoms.